The number of imidazole rings is 3. The van der Waals surface area contributed by atoms with E-state index in [-0.39, 0.29) is 20.1 Å². The van der Waals surface area contributed by atoms with E-state index >= 15 is 0 Å². The van der Waals surface area contributed by atoms with Crippen LogP contribution in [0.1, 0.15) is 33.8 Å². The van der Waals surface area contributed by atoms with Gasteiger partial charge in [-0.15, -0.1) is 106 Å². The standard InChI is InChI=1S/3C12H13N2.Ir/c3*1-9-6-4-5-7-11(9)12-13-8-10(2)14(12)3;/h3*4-6,8H,1-3H3;/q3*-1;+3. The summed E-state index contributed by atoms with van der Waals surface area (Å²) in [5, 5.41) is 0. The molecule has 222 valence electrons. The zero-order valence-corrected chi connectivity index (χ0v) is 28.8. The molecular weight excluding hydrogens is 709 g/mol. The van der Waals surface area contributed by atoms with E-state index in [4.69, 9.17) is 0 Å². The minimum atomic E-state index is 0. The van der Waals surface area contributed by atoms with Gasteiger partial charge in [0.15, 0.2) is 0 Å². The van der Waals surface area contributed by atoms with Crippen molar-refractivity contribution in [2.45, 2.75) is 41.5 Å². The van der Waals surface area contributed by atoms with Gasteiger partial charge in [0.25, 0.3) is 0 Å². The molecule has 0 saturated heterocycles. The third-order valence-corrected chi connectivity index (χ3v) is 7.53. The summed E-state index contributed by atoms with van der Waals surface area (Å²) < 4.78 is 6.25. The van der Waals surface area contributed by atoms with Crippen LogP contribution in [-0.4, -0.2) is 28.7 Å². The monoisotopic (exact) mass is 748 g/mol. The van der Waals surface area contributed by atoms with E-state index in [2.05, 4.69) is 107 Å². The molecule has 6 aromatic rings. The van der Waals surface area contributed by atoms with Crippen molar-refractivity contribution in [3.63, 3.8) is 0 Å². The largest absolute Gasteiger partial charge is 3.00 e. The molecule has 7 heteroatoms. The second kappa shape index (κ2) is 14.9. The van der Waals surface area contributed by atoms with E-state index in [0.29, 0.717) is 0 Å². The zero-order chi connectivity index (χ0) is 30.4. The van der Waals surface area contributed by atoms with Gasteiger partial charge >= 0.3 is 20.1 Å². The summed E-state index contributed by atoms with van der Waals surface area (Å²) in [5.74, 6) is 2.96. The molecule has 0 aliphatic heterocycles. The number of nitrogens with zero attached hydrogens (tertiary/aromatic N) is 6. The van der Waals surface area contributed by atoms with Crippen LogP contribution in [0.5, 0.6) is 0 Å². The van der Waals surface area contributed by atoms with Crippen LogP contribution in [0.3, 0.4) is 0 Å². The molecule has 6 nitrogen and oxygen atoms in total. The van der Waals surface area contributed by atoms with Crippen molar-refractivity contribution in [1.29, 1.82) is 0 Å². The Bertz CT molecular complexity index is 1580. The predicted octanol–water partition coefficient (Wildman–Crippen LogP) is 7.51. The van der Waals surface area contributed by atoms with Gasteiger partial charge in [-0.25, -0.2) is 0 Å². The topological polar surface area (TPSA) is 53.5 Å². The minimum absolute atomic E-state index is 0. The Morgan fingerprint density at radius 3 is 0.907 bits per heavy atom. The van der Waals surface area contributed by atoms with Crippen LogP contribution in [0.2, 0.25) is 0 Å². The molecule has 0 spiro atoms. The Kier molecular flexibility index (Phi) is 11.6. The van der Waals surface area contributed by atoms with Gasteiger partial charge in [0.2, 0.25) is 0 Å². The Morgan fingerprint density at radius 1 is 0.465 bits per heavy atom. The van der Waals surface area contributed by atoms with Crippen LogP contribution in [0, 0.1) is 59.7 Å². The molecule has 0 N–H and O–H groups in total. The number of benzene rings is 3. The number of hydrogen-bond acceptors (Lipinski definition) is 3. The van der Waals surface area contributed by atoms with Crippen molar-refractivity contribution >= 4 is 0 Å². The predicted molar refractivity (Wildman–Crippen MR) is 171 cm³/mol. The minimum Gasteiger partial charge on any atom is -0.371 e. The van der Waals surface area contributed by atoms with Crippen LogP contribution in [0.25, 0.3) is 34.2 Å². The molecule has 0 bridgehead atoms. The summed E-state index contributed by atoms with van der Waals surface area (Å²) in [6, 6.07) is 27.7. The van der Waals surface area contributed by atoms with Crippen LogP contribution in [-0.2, 0) is 41.2 Å². The Labute approximate surface area is 269 Å². The number of rotatable bonds is 3. The Balaban J connectivity index is 0.000000175. The van der Waals surface area contributed by atoms with E-state index in [1.807, 2.05) is 76.1 Å². The molecule has 0 unspecified atom stereocenters. The first-order valence-electron chi connectivity index (χ1n) is 14.0. The summed E-state index contributed by atoms with van der Waals surface area (Å²) >= 11 is 0. The average molecular weight is 748 g/mol. The molecular formula is C36H39IrN6. The summed E-state index contributed by atoms with van der Waals surface area (Å²) in [6.45, 7) is 12.4. The second-order valence-corrected chi connectivity index (χ2v) is 10.5. The van der Waals surface area contributed by atoms with Crippen LogP contribution < -0.4 is 0 Å². The fraction of sp³-hybridized carbons (Fsp3) is 0.250. The van der Waals surface area contributed by atoms with E-state index in [0.717, 1.165) is 51.2 Å². The third kappa shape index (κ3) is 7.67. The summed E-state index contributed by atoms with van der Waals surface area (Å²) in [5.41, 5.74) is 10.4. The van der Waals surface area contributed by atoms with Gasteiger partial charge in [0, 0.05) is 56.8 Å². The van der Waals surface area contributed by atoms with Crippen molar-refractivity contribution in [1.82, 2.24) is 28.7 Å². The van der Waals surface area contributed by atoms with Crippen molar-refractivity contribution in [2.75, 3.05) is 0 Å². The van der Waals surface area contributed by atoms with E-state index < -0.39 is 0 Å². The quantitative estimate of drug-likeness (QED) is 0.176. The average Bonchev–Trinajstić information content (AvgIpc) is 3.62. The third-order valence-electron chi connectivity index (χ3n) is 7.53. The Hall–Kier alpha value is -4.06. The van der Waals surface area contributed by atoms with E-state index in [9.17, 15) is 0 Å². The molecule has 0 amide bonds. The van der Waals surface area contributed by atoms with Gasteiger partial charge in [-0.05, 0) is 20.8 Å². The molecule has 43 heavy (non-hydrogen) atoms. The van der Waals surface area contributed by atoms with Crippen molar-refractivity contribution in [2.24, 2.45) is 21.1 Å². The SMILES string of the molecule is Cc1ccc[c-]c1-c1ncc(C)n1C.Cc1ccc[c-]c1-c1ncc(C)n1C.Cc1ccc[c-]c1-c1ncc(C)n1C.[Ir+3]. The normalized spacial score (nSPS) is 10.3. The van der Waals surface area contributed by atoms with Gasteiger partial charge in [0.1, 0.15) is 0 Å². The molecule has 0 aliphatic rings. The fourth-order valence-corrected chi connectivity index (χ4v) is 4.47. The first-order chi connectivity index (χ1) is 20.1. The molecule has 0 saturated carbocycles. The maximum absolute atomic E-state index is 4.38. The van der Waals surface area contributed by atoms with Gasteiger partial charge < -0.3 is 13.7 Å². The first-order valence-corrected chi connectivity index (χ1v) is 14.0. The maximum Gasteiger partial charge on any atom is 3.00 e. The van der Waals surface area contributed by atoms with Gasteiger partial charge in [-0.3, -0.25) is 15.0 Å². The molecule has 0 radical (unpaired) electrons. The molecule has 0 atom stereocenters. The smallest absolute Gasteiger partial charge is 0.371 e. The van der Waals surface area contributed by atoms with Crippen molar-refractivity contribution in [3.8, 4) is 34.2 Å². The summed E-state index contributed by atoms with van der Waals surface area (Å²) in [7, 11) is 6.08. The van der Waals surface area contributed by atoms with Gasteiger partial charge in [0.05, 0.1) is 17.5 Å². The molecule has 3 aromatic carbocycles. The van der Waals surface area contributed by atoms with Crippen molar-refractivity contribution < 1.29 is 20.1 Å². The first kappa shape index (κ1) is 33.4. The molecule has 0 aliphatic carbocycles. The van der Waals surface area contributed by atoms with Crippen molar-refractivity contribution in [3.05, 3.63) is 125 Å². The van der Waals surface area contributed by atoms with Crippen LogP contribution in [0.15, 0.2) is 73.2 Å². The summed E-state index contributed by atoms with van der Waals surface area (Å²) in [4.78, 5) is 13.1. The Morgan fingerprint density at radius 2 is 0.721 bits per heavy atom. The number of aromatic nitrogens is 6. The second-order valence-electron chi connectivity index (χ2n) is 10.5. The van der Waals surface area contributed by atoms with Crippen LogP contribution in [0.4, 0.5) is 0 Å². The zero-order valence-electron chi connectivity index (χ0n) is 26.4. The van der Waals surface area contributed by atoms with E-state index in [1.165, 1.54) is 16.7 Å². The van der Waals surface area contributed by atoms with Crippen LogP contribution >= 0.6 is 0 Å². The van der Waals surface area contributed by atoms with Gasteiger partial charge in [-0.2, -0.15) is 0 Å². The molecule has 3 heterocycles. The summed E-state index contributed by atoms with van der Waals surface area (Å²) in [6.07, 6.45) is 5.65. The van der Waals surface area contributed by atoms with E-state index in [1.54, 1.807) is 0 Å². The maximum atomic E-state index is 4.38. The number of hydrogen-bond donors (Lipinski definition) is 0. The molecule has 0 fully saturated rings. The molecule has 3 aromatic heterocycles. The molecule has 6 rings (SSSR count). The number of aryl methyl sites for hydroxylation is 6. The fourth-order valence-electron chi connectivity index (χ4n) is 4.47. The van der Waals surface area contributed by atoms with Gasteiger partial charge in [-0.1, -0.05) is 20.8 Å².